The van der Waals surface area contributed by atoms with Crippen LogP contribution in [-0.2, 0) is 29.6 Å². The molecule has 21 heavy (non-hydrogen) atoms. The van der Waals surface area contributed by atoms with E-state index in [2.05, 4.69) is 19.9 Å². The van der Waals surface area contributed by atoms with E-state index in [9.17, 15) is 13.5 Å². The Kier molecular flexibility index (Phi) is 4.71. The summed E-state index contributed by atoms with van der Waals surface area (Å²) in [6, 6.07) is 3.73. The van der Waals surface area contributed by atoms with Crippen LogP contribution in [0.1, 0.15) is 29.4 Å². The van der Waals surface area contributed by atoms with Gasteiger partial charge in [0.05, 0.1) is 18.8 Å². The number of aromatic nitrogens is 3. The SMILES string of the molecule is CCc1cccnc1CNS(=O)(=O)c1n[nH]c(C)c1CO. The molecule has 114 valence electrons. The Hall–Kier alpha value is -1.77. The summed E-state index contributed by atoms with van der Waals surface area (Å²) in [5.41, 5.74) is 2.48. The summed E-state index contributed by atoms with van der Waals surface area (Å²) in [4.78, 5) is 4.19. The predicted octanol–water partition coefficient (Wildman–Crippen LogP) is 0.646. The molecule has 0 saturated heterocycles. The van der Waals surface area contributed by atoms with Crippen molar-refractivity contribution in [1.82, 2.24) is 19.9 Å². The van der Waals surface area contributed by atoms with Crippen molar-refractivity contribution in [3.8, 4) is 0 Å². The highest BCUT2D eigenvalue weighted by molar-refractivity contribution is 7.89. The van der Waals surface area contributed by atoms with Crippen LogP contribution in [0.4, 0.5) is 0 Å². The number of nitrogens with one attached hydrogen (secondary N) is 2. The molecular weight excluding hydrogens is 292 g/mol. The third-order valence-electron chi connectivity index (χ3n) is 3.24. The lowest BCUT2D eigenvalue weighted by molar-refractivity contribution is 0.277. The van der Waals surface area contributed by atoms with Crippen LogP contribution in [-0.4, -0.2) is 28.7 Å². The van der Waals surface area contributed by atoms with Gasteiger partial charge in [-0.2, -0.15) is 5.10 Å². The molecule has 0 aromatic carbocycles. The van der Waals surface area contributed by atoms with Crippen LogP contribution in [0.3, 0.4) is 0 Å². The number of nitrogens with zero attached hydrogens (tertiary/aromatic N) is 2. The van der Waals surface area contributed by atoms with Gasteiger partial charge in [-0.25, -0.2) is 13.1 Å². The molecule has 0 amide bonds. The standard InChI is InChI=1S/C13H18N4O3S/c1-3-10-5-4-6-14-12(10)7-15-21(19,20)13-11(8-18)9(2)16-17-13/h4-6,15,18H,3,7-8H2,1-2H3,(H,16,17). The second-order valence-corrected chi connectivity index (χ2v) is 6.26. The third kappa shape index (κ3) is 3.29. The summed E-state index contributed by atoms with van der Waals surface area (Å²) in [5.74, 6) is 0. The van der Waals surface area contributed by atoms with Gasteiger partial charge < -0.3 is 5.11 Å². The van der Waals surface area contributed by atoms with Crippen molar-refractivity contribution in [2.75, 3.05) is 0 Å². The molecule has 0 aliphatic rings. The van der Waals surface area contributed by atoms with Gasteiger partial charge in [0.25, 0.3) is 10.0 Å². The second kappa shape index (κ2) is 6.33. The van der Waals surface area contributed by atoms with E-state index in [-0.39, 0.29) is 23.7 Å². The van der Waals surface area contributed by atoms with E-state index in [4.69, 9.17) is 0 Å². The molecule has 7 nitrogen and oxygen atoms in total. The fraction of sp³-hybridized carbons (Fsp3) is 0.385. The molecule has 0 spiro atoms. The van der Waals surface area contributed by atoms with Gasteiger partial charge in [-0.15, -0.1) is 0 Å². The molecule has 2 aromatic rings. The molecule has 2 aromatic heterocycles. The average Bonchev–Trinajstić information content (AvgIpc) is 2.87. The van der Waals surface area contributed by atoms with Gasteiger partial charge in [-0.05, 0) is 25.0 Å². The van der Waals surface area contributed by atoms with E-state index in [1.165, 1.54) is 0 Å². The van der Waals surface area contributed by atoms with Crippen molar-refractivity contribution in [3.05, 3.63) is 40.8 Å². The Balaban J connectivity index is 2.22. The lowest BCUT2D eigenvalue weighted by Gasteiger charge is -2.08. The minimum absolute atomic E-state index is 0.0864. The Labute approximate surface area is 123 Å². The Morgan fingerprint density at radius 2 is 2.19 bits per heavy atom. The Morgan fingerprint density at radius 1 is 1.43 bits per heavy atom. The number of aromatic amines is 1. The molecular formula is C13H18N4O3S. The lowest BCUT2D eigenvalue weighted by Crippen LogP contribution is -2.25. The number of hydrogen-bond acceptors (Lipinski definition) is 5. The van der Waals surface area contributed by atoms with Crippen LogP contribution < -0.4 is 4.72 Å². The predicted molar refractivity (Wildman–Crippen MR) is 76.9 cm³/mol. The topological polar surface area (TPSA) is 108 Å². The highest BCUT2D eigenvalue weighted by Gasteiger charge is 2.23. The zero-order valence-corrected chi connectivity index (χ0v) is 12.7. The first-order valence-corrected chi connectivity index (χ1v) is 8.05. The quantitative estimate of drug-likeness (QED) is 0.726. The van der Waals surface area contributed by atoms with Crippen molar-refractivity contribution < 1.29 is 13.5 Å². The van der Waals surface area contributed by atoms with Crippen LogP contribution in [0.2, 0.25) is 0 Å². The summed E-state index contributed by atoms with van der Waals surface area (Å²) in [7, 11) is -3.80. The number of aliphatic hydroxyl groups is 1. The number of aryl methyl sites for hydroxylation is 2. The monoisotopic (exact) mass is 310 g/mol. The minimum Gasteiger partial charge on any atom is -0.392 e. The number of H-pyrrole nitrogens is 1. The summed E-state index contributed by atoms with van der Waals surface area (Å²) in [6.07, 6.45) is 2.40. The molecule has 2 rings (SSSR count). The molecule has 0 unspecified atom stereocenters. The molecule has 0 saturated carbocycles. The zero-order valence-electron chi connectivity index (χ0n) is 11.9. The largest absolute Gasteiger partial charge is 0.392 e. The number of aliphatic hydroxyl groups excluding tert-OH is 1. The molecule has 2 heterocycles. The van der Waals surface area contributed by atoms with Crippen LogP contribution in [0.5, 0.6) is 0 Å². The summed E-state index contributed by atoms with van der Waals surface area (Å²) >= 11 is 0. The van der Waals surface area contributed by atoms with Crippen molar-refractivity contribution in [2.45, 2.75) is 38.4 Å². The van der Waals surface area contributed by atoms with Gasteiger partial charge in [0.1, 0.15) is 0 Å². The van der Waals surface area contributed by atoms with Gasteiger partial charge in [0.2, 0.25) is 0 Å². The number of pyridine rings is 1. The molecule has 0 atom stereocenters. The Bertz CT molecular complexity index is 725. The molecule has 0 fully saturated rings. The normalized spacial score (nSPS) is 11.8. The summed E-state index contributed by atoms with van der Waals surface area (Å²) in [5, 5.41) is 15.4. The maximum absolute atomic E-state index is 12.3. The first kappa shape index (κ1) is 15.6. The lowest BCUT2D eigenvalue weighted by atomic mass is 10.1. The smallest absolute Gasteiger partial charge is 0.260 e. The maximum Gasteiger partial charge on any atom is 0.260 e. The number of sulfonamides is 1. The van der Waals surface area contributed by atoms with Crippen LogP contribution in [0, 0.1) is 6.92 Å². The first-order valence-electron chi connectivity index (χ1n) is 6.56. The van der Waals surface area contributed by atoms with Gasteiger partial charge in [0.15, 0.2) is 5.03 Å². The van der Waals surface area contributed by atoms with Gasteiger partial charge in [0, 0.05) is 17.5 Å². The van der Waals surface area contributed by atoms with Crippen LogP contribution >= 0.6 is 0 Å². The molecule has 3 N–H and O–H groups in total. The van der Waals surface area contributed by atoms with Gasteiger partial charge >= 0.3 is 0 Å². The highest BCUT2D eigenvalue weighted by Crippen LogP contribution is 2.16. The second-order valence-electron chi connectivity index (χ2n) is 4.58. The average molecular weight is 310 g/mol. The van der Waals surface area contributed by atoms with E-state index in [1.807, 2.05) is 19.1 Å². The van der Waals surface area contributed by atoms with E-state index < -0.39 is 10.0 Å². The molecule has 0 radical (unpaired) electrons. The van der Waals surface area contributed by atoms with Gasteiger partial charge in [-0.3, -0.25) is 10.1 Å². The summed E-state index contributed by atoms with van der Waals surface area (Å²) in [6.45, 7) is 3.34. The van der Waals surface area contributed by atoms with Crippen molar-refractivity contribution in [2.24, 2.45) is 0 Å². The zero-order chi connectivity index (χ0) is 15.5. The summed E-state index contributed by atoms with van der Waals surface area (Å²) < 4.78 is 27.0. The molecule has 0 aliphatic carbocycles. The number of hydrogen-bond donors (Lipinski definition) is 3. The van der Waals surface area contributed by atoms with Crippen molar-refractivity contribution in [1.29, 1.82) is 0 Å². The van der Waals surface area contributed by atoms with Crippen molar-refractivity contribution in [3.63, 3.8) is 0 Å². The highest BCUT2D eigenvalue weighted by atomic mass is 32.2. The van der Waals surface area contributed by atoms with E-state index in [1.54, 1.807) is 13.1 Å². The van der Waals surface area contributed by atoms with Crippen LogP contribution in [0.15, 0.2) is 23.4 Å². The number of rotatable bonds is 6. The molecule has 8 heteroatoms. The van der Waals surface area contributed by atoms with E-state index >= 15 is 0 Å². The Morgan fingerprint density at radius 3 is 2.86 bits per heavy atom. The third-order valence-corrected chi connectivity index (χ3v) is 4.61. The molecule has 0 aliphatic heterocycles. The fourth-order valence-corrected chi connectivity index (χ4v) is 3.19. The fourth-order valence-electron chi connectivity index (χ4n) is 2.02. The van der Waals surface area contributed by atoms with E-state index in [0.717, 1.165) is 12.0 Å². The molecule has 0 bridgehead atoms. The maximum atomic E-state index is 12.3. The minimum atomic E-state index is -3.80. The van der Waals surface area contributed by atoms with Gasteiger partial charge in [-0.1, -0.05) is 13.0 Å². The first-order chi connectivity index (χ1) is 9.99. The van der Waals surface area contributed by atoms with Crippen molar-refractivity contribution >= 4 is 10.0 Å². The van der Waals surface area contributed by atoms with Crippen LogP contribution in [0.25, 0.3) is 0 Å². The van der Waals surface area contributed by atoms with E-state index in [0.29, 0.717) is 11.4 Å².